The zero-order valence-corrected chi connectivity index (χ0v) is 10.2. The fraction of sp³-hybridized carbons (Fsp3) is 0.700. The molecule has 7 nitrogen and oxygen atoms in total. The SMILES string of the molecule is CC(C)(C(=O)NCCCCC(N)=O)C(N)=NO. The number of nitrogens with two attached hydrogens (primary N) is 2. The van der Waals surface area contributed by atoms with Gasteiger partial charge >= 0.3 is 0 Å². The molecule has 2 amide bonds. The Morgan fingerprint density at radius 2 is 1.88 bits per heavy atom. The lowest BCUT2D eigenvalue weighted by molar-refractivity contribution is -0.126. The molecule has 0 heterocycles. The number of unbranched alkanes of at least 4 members (excludes halogenated alkanes) is 1. The second-order valence-corrected chi connectivity index (χ2v) is 4.29. The molecule has 0 aromatic carbocycles. The van der Waals surface area contributed by atoms with Crippen molar-refractivity contribution in [2.24, 2.45) is 22.0 Å². The Kier molecular flexibility index (Phi) is 6.01. The van der Waals surface area contributed by atoms with Gasteiger partial charge in [-0.25, -0.2) is 0 Å². The van der Waals surface area contributed by atoms with Crippen LogP contribution in [0.4, 0.5) is 0 Å². The number of oxime groups is 1. The number of hydrogen-bond acceptors (Lipinski definition) is 4. The summed E-state index contributed by atoms with van der Waals surface area (Å²) in [6.07, 6.45) is 1.58. The number of nitrogens with one attached hydrogen (secondary N) is 1. The first kappa shape index (κ1) is 15.2. The standard InChI is InChI=1S/C10H20N4O3/c1-10(2,8(12)14-17)9(16)13-6-4-3-5-7(11)15/h17H,3-6H2,1-2H3,(H2,11,15)(H2,12,14)(H,13,16). The number of amides is 2. The summed E-state index contributed by atoms with van der Waals surface area (Å²) in [5.74, 6) is -0.827. The van der Waals surface area contributed by atoms with Crippen molar-refractivity contribution in [3.63, 3.8) is 0 Å². The van der Waals surface area contributed by atoms with Gasteiger partial charge in [0.15, 0.2) is 5.84 Å². The maximum Gasteiger partial charge on any atom is 0.233 e. The summed E-state index contributed by atoms with van der Waals surface area (Å²) >= 11 is 0. The topological polar surface area (TPSA) is 131 Å². The molecule has 0 atom stereocenters. The minimum Gasteiger partial charge on any atom is -0.409 e. The summed E-state index contributed by atoms with van der Waals surface area (Å²) in [7, 11) is 0. The van der Waals surface area contributed by atoms with E-state index in [0.717, 1.165) is 0 Å². The van der Waals surface area contributed by atoms with E-state index < -0.39 is 5.41 Å². The van der Waals surface area contributed by atoms with Gasteiger partial charge in [-0.2, -0.15) is 0 Å². The van der Waals surface area contributed by atoms with Crippen LogP contribution >= 0.6 is 0 Å². The molecule has 0 saturated heterocycles. The van der Waals surface area contributed by atoms with Crippen molar-refractivity contribution in [3.8, 4) is 0 Å². The molecule has 0 aromatic heterocycles. The van der Waals surface area contributed by atoms with Crippen LogP contribution in [-0.4, -0.2) is 29.4 Å². The molecule has 7 heteroatoms. The lowest BCUT2D eigenvalue weighted by Gasteiger charge is -2.21. The second kappa shape index (κ2) is 6.72. The largest absolute Gasteiger partial charge is 0.409 e. The van der Waals surface area contributed by atoms with Crippen LogP contribution < -0.4 is 16.8 Å². The van der Waals surface area contributed by atoms with E-state index in [1.165, 1.54) is 0 Å². The van der Waals surface area contributed by atoms with Gasteiger partial charge in [-0.1, -0.05) is 5.16 Å². The van der Waals surface area contributed by atoms with Crippen LogP contribution in [0.5, 0.6) is 0 Å². The van der Waals surface area contributed by atoms with Crippen molar-refractivity contribution < 1.29 is 14.8 Å². The average molecular weight is 244 g/mol. The van der Waals surface area contributed by atoms with E-state index in [0.29, 0.717) is 25.8 Å². The molecule has 0 spiro atoms. The molecule has 17 heavy (non-hydrogen) atoms. The number of primary amides is 1. The van der Waals surface area contributed by atoms with Crippen molar-refractivity contribution in [2.45, 2.75) is 33.1 Å². The lowest BCUT2D eigenvalue weighted by Crippen LogP contribution is -2.46. The van der Waals surface area contributed by atoms with Crippen molar-refractivity contribution in [2.75, 3.05) is 6.54 Å². The highest BCUT2D eigenvalue weighted by atomic mass is 16.4. The molecule has 98 valence electrons. The molecule has 0 aliphatic rings. The third kappa shape index (κ3) is 5.19. The minimum absolute atomic E-state index is 0.146. The fourth-order valence-electron chi connectivity index (χ4n) is 1.09. The third-order valence-electron chi connectivity index (χ3n) is 2.45. The number of amidine groups is 1. The van der Waals surface area contributed by atoms with E-state index in [2.05, 4.69) is 10.5 Å². The predicted molar refractivity (Wildman–Crippen MR) is 63.2 cm³/mol. The van der Waals surface area contributed by atoms with Gasteiger partial charge in [0.05, 0.1) is 0 Å². The van der Waals surface area contributed by atoms with E-state index in [9.17, 15) is 9.59 Å². The predicted octanol–water partition coefficient (Wildman–Crippen LogP) is -0.469. The van der Waals surface area contributed by atoms with Gasteiger partial charge in [0.25, 0.3) is 0 Å². The molecule has 0 bridgehead atoms. The maximum absolute atomic E-state index is 11.7. The number of carbonyl (C=O) groups is 2. The maximum atomic E-state index is 11.7. The molecular formula is C10H20N4O3. The Labute approximate surface area is 100 Å². The molecular weight excluding hydrogens is 224 g/mol. The highest BCUT2D eigenvalue weighted by Gasteiger charge is 2.32. The smallest absolute Gasteiger partial charge is 0.233 e. The Hall–Kier alpha value is -1.79. The normalized spacial score (nSPS) is 12.2. The zero-order valence-electron chi connectivity index (χ0n) is 10.2. The molecule has 0 aliphatic carbocycles. The average Bonchev–Trinajstić information content (AvgIpc) is 2.26. The summed E-state index contributed by atoms with van der Waals surface area (Å²) in [5.41, 5.74) is 9.32. The Bertz CT molecular complexity index is 313. The zero-order chi connectivity index (χ0) is 13.5. The molecule has 0 saturated carbocycles. The first-order valence-corrected chi connectivity index (χ1v) is 5.37. The van der Waals surface area contributed by atoms with Crippen LogP contribution in [0.25, 0.3) is 0 Å². The van der Waals surface area contributed by atoms with Crippen LogP contribution in [0, 0.1) is 5.41 Å². The van der Waals surface area contributed by atoms with Crippen molar-refractivity contribution in [1.82, 2.24) is 5.32 Å². The number of hydrogen-bond donors (Lipinski definition) is 4. The summed E-state index contributed by atoms with van der Waals surface area (Å²) in [6, 6.07) is 0. The monoisotopic (exact) mass is 244 g/mol. The minimum atomic E-state index is -1.06. The van der Waals surface area contributed by atoms with E-state index in [-0.39, 0.29) is 17.6 Å². The Morgan fingerprint density at radius 1 is 1.29 bits per heavy atom. The molecule has 0 radical (unpaired) electrons. The first-order chi connectivity index (χ1) is 7.82. The van der Waals surface area contributed by atoms with Crippen molar-refractivity contribution in [3.05, 3.63) is 0 Å². The summed E-state index contributed by atoms with van der Waals surface area (Å²) < 4.78 is 0. The number of carbonyl (C=O) groups excluding carboxylic acids is 2. The Morgan fingerprint density at radius 3 is 2.35 bits per heavy atom. The molecule has 0 unspecified atom stereocenters. The lowest BCUT2D eigenvalue weighted by atomic mass is 9.91. The molecule has 0 fully saturated rings. The van der Waals surface area contributed by atoms with Gasteiger partial charge in [-0.05, 0) is 26.7 Å². The van der Waals surface area contributed by atoms with Crippen molar-refractivity contribution >= 4 is 17.6 Å². The third-order valence-corrected chi connectivity index (χ3v) is 2.45. The van der Waals surface area contributed by atoms with Gasteiger partial charge in [-0.15, -0.1) is 0 Å². The second-order valence-electron chi connectivity index (χ2n) is 4.29. The van der Waals surface area contributed by atoms with E-state index >= 15 is 0 Å². The van der Waals surface area contributed by atoms with Crippen molar-refractivity contribution in [1.29, 1.82) is 0 Å². The molecule has 6 N–H and O–H groups in total. The van der Waals surface area contributed by atoms with Gasteiger partial charge < -0.3 is 22.0 Å². The van der Waals surface area contributed by atoms with Gasteiger partial charge in [0, 0.05) is 13.0 Å². The number of nitrogens with zero attached hydrogens (tertiary/aromatic N) is 1. The fourth-order valence-corrected chi connectivity index (χ4v) is 1.09. The summed E-state index contributed by atoms with van der Waals surface area (Å²) in [5, 5.41) is 14.0. The summed E-state index contributed by atoms with van der Waals surface area (Å²) in [4.78, 5) is 22.1. The van der Waals surface area contributed by atoms with Crippen LogP contribution in [0.1, 0.15) is 33.1 Å². The van der Waals surface area contributed by atoms with Gasteiger partial charge in [0.1, 0.15) is 5.41 Å². The van der Waals surface area contributed by atoms with E-state index in [1.807, 2.05) is 0 Å². The van der Waals surface area contributed by atoms with E-state index in [1.54, 1.807) is 13.8 Å². The highest BCUT2D eigenvalue weighted by Crippen LogP contribution is 2.14. The quantitative estimate of drug-likeness (QED) is 0.158. The highest BCUT2D eigenvalue weighted by molar-refractivity contribution is 6.05. The first-order valence-electron chi connectivity index (χ1n) is 5.37. The Balaban J connectivity index is 3.98. The molecule has 0 aromatic rings. The van der Waals surface area contributed by atoms with Crippen LogP contribution in [0.15, 0.2) is 5.16 Å². The number of rotatable bonds is 7. The molecule has 0 aliphatic heterocycles. The van der Waals surface area contributed by atoms with Crippen LogP contribution in [0.2, 0.25) is 0 Å². The van der Waals surface area contributed by atoms with Gasteiger partial charge in [-0.3, -0.25) is 9.59 Å². The van der Waals surface area contributed by atoms with Crippen LogP contribution in [0.3, 0.4) is 0 Å². The summed E-state index contributed by atoms with van der Waals surface area (Å²) in [6.45, 7) is 3.54. The van der Waals surface area contributed by atoms with Gasteiger partial charge in [0.2, 0.25) is 11.8 Å². The molecule has 0 rings (SSSR count). The van der Waals surface area contributed by atoms with E-state index in [4.69, 9.17) is 16.7 Å². The van der Waals surface area contributed by atoms with Crippen LogP contribution in [-0.2, 0) is 9.59 Å².